The highest BCUT2D eigenvalue weighted by Gasteiger charge is 2.17. The molecule has 22 heavy (non-hydrogen) atoms. The van der Waals surface area contributed by atoms with Crippen molar-refractivity contribution in [2.24, 2.45) is 0 Å². The maximum Gasteiger partial charge on any atom is 0.338 e. The number of aromatic carboxylic acids is 1. The standard InChI is InChI=1S/C16H17NO5/c1-2-21-14(11-6-4-3-5-7-11)9-17-15(18)13-8-12(10-22-13)16(19)20/h3-8,10,14H,2,9H2,1H3,(H,17,18)(H,19,20). The molecule has 1 atom stereocenters. The van der Waals surface area contributed by atoms with Crippen LogP contribution in [0.1, 0.15) is 39.5 Å². The normalized spacial score (nSPS) is 11.9. The Labute approximate surface area is 127 Å². The van der Waals surface area contributed by atoms with Gasteiger partial charge in [0.25, 0.3) is 5.91 Å². The van der Waals surface area contributed by atoms with E-state index in [-0.39, 0.29) is 24.0 Å². The number of carboxylic acid groups (broad SMARTS) is 1. The van der Waals surface area contributed by atoms with Gasteiger partial charge in [0.1, 0.15) is 6.26 Å². The van der Waals surface area contributed by atoms with Crippen molar-refractivity contribution in [2.75, 3.05) is 13.2 Å². The molecule has 1 aromatic heterocycles. The third-order valence-corrected chi connectivity index (χ3v) is 3.06. The lowest BCUT2D eigenvalue weighted by Crippen LogP contribution is -2.29. The molecule has 0 saturated heterocycles. The van der Waals surface area contributed by atoms with Crippen molar-refractivity contribution >= 4 is 11.9 Å². The van der Waals surface area contributed by atoms with Gasteiger partial charge in [-0.3, -0.25) is 4.79 Å². The van der Waals surface area contributed by atoms with E-state index in [0.29, 0.717) is 6.61 Å². The molecule has 2 rings (SSSR count). The Kier molecular flexibility index (Phi) is 5.32. The van der Waals surface area contributed by atoms with Crippen molar-refractivity contribution in [1.29, 1.82) is 0 Å². The predicted molar refractivity (Wildman–Crippen MR) is 78.8 cm³/mol. The smallest absolute Gasteiger partial charge is 0.338 e. The topological polar surface area (TPSA) is 88.8 Å². The van der Waals surface area contributed by atoms with Gasteiger partial charge < -0.3 is 19.6 Å². The lowest BCUT2D eigenvalue weighted by molar-refractivity contribution is 0.0579. The molecule has 0 fully saturated rings. The minimum atomic E-state index is -1.14. The van der Waals surface area contributed by atoms with E-state index in [0.717, 1.165) is 11.8 Å². The molecule has 116 valence electrons. The lowest BCUT2D eigenvalue weighted by Gasteiger charge is -2.17. The summed E-state index contributed by atoms with van der Waals surface area (Å²) in [5, 5.41) is 11.5. The third-order valence-electron chi connectivity index (χ3n) is 3.06. The first-order valence-electron chi connectivity index (χ1n) is 6.88. The van der Waals surface area contributed by atoms with Crippen molar-refractivity contribution in [3.8, 4) is 0 Å². The Balaban J connectivity index is 1.99. The second kappa shape index (κ2) is 7.42. The first kappa shape index (κ1) is 15.8. The number of hydrogen-bond donors (Lipinski definition) is 2. The van der Waals surface area contributed by atoms with Crippen LogP contribution in [0.2, 0.25) is 0 Å². The van der Waals surface area contributed by atoms with Crippen LogP contribution in [0.3, 0.4) is 0 Å². The van der Waals surface area contributed by atoms with Crippen LogP contribution < -0.4 is 5.32 Å². The summed E-state index contributed by atoms with van der Waals surface area (Å²) in [7, 11) is 0. The van der Waals surface area contributed by atoms with Gasteiger partial charge >= 0.3 is 5.97 Å². The molecule has 2 N–H and O–H groups in total. The Morgan fingerprint density at radius 3 is 2.64 bits per heavy atom. The van der Waals surface area contributed by atoms with Crippen molar-refractivity contribution < 1.29 is 23.8 Å². The summed E-state index contributed by atoms with van der Waals surface area (Å²) in [6.07, 6.45) is 0.762. The number of carbonyl (C=O) groups is 2. The van der Waals surface area contributed by atoms with Crippen LogP contribution in [0.4, 0.5) is 0 Å². The molecule has 0 bridgehead atoms. The van der Waals surface area contributed by atoms with Crippen molar-refractivity contribution in [1.82, 2.24) is 5.32 Å². The number of carboxylic acids is 1. The molecule has 1 aromatic carbocycles. The molecule has 2 aromatic rings. The van der Waals surface area contributed by atoms with Crippen LogP contribution in [-0.4, -0.2) is 30.1 Å². The van der Waals surface area contributed by atoms with E-state index in [1.807, 2.05) is 37.3 Å². The van der Waals surface area contributed by atoms with Crippen LogP contribution in [0.25, 0.3) is 0 Å². The van der Waals surface area contributed by atoms with E-state index in [2.05, 4.69) is 5.32 Å². The van der Waals surface area contributed by atoms with Gasteiger partial charge in [-0.1, -0.05) is 30.3 Å². The zero-order chi connectivity index (χ0) is 15.9. The van der Waals surface area contributed by atoms with E-state index in [9.17, 15) is 9.59 Å². The molecular formula is C16H17NO5. The Bertz CT molecular complexity index is 635. The molecule has 0 aliphatic rings. The van der Waals surface area contributed by atoms with Gasteiger partial charge in [0, 0.05) is 19.2 Å². The van der Waals surface area contributed by atoms with Crippen molar-refractivity contribution in [3.05, 3.63) is 59.5 Å². The molecule has 0 aliphatic heterocycles. The highest BCUT2D eigenvalue weighted by atomic mass is 16.5. The highest BCUT2D eigenvalue weighted by Crippen LogP contribution is 2.16. The van der Waals surface area contributed by atoms with Gasteiger partial charge in [-0.15, -0.1) is 0 Å². The Morgan fingerprint density at radius 2 is 2.05 bits per heavy atom. The fraction of sp³-hybridized carbons (Fsp3) is 0.250. The van der Waals surface area contributed by atoms with Crippen LogP contribution in [0.15, 0.2) is 47.1 Å². The molecule has 1 amide bonds. The quantitative estimate of drug-likeness (QED) is 0.820. The molecule has 0 aliphatic carbocycles. The summed E-state index contributed by atoms with van der Waals surface area (Å²) in [4.78, 5) is 22.7. The minimum Gasteiger partial charge on any atom is -0.478 e. The summed E-state index contributed by atoms with van der Waals surface area (Å²) in [6.45, 7) is 2.66. The first-order valence-corrected chi connectivity index (χ1v) is 6.88. The predicted octanol–water partition coefficient (Wildman–Crippen LogP) is 2.49. The van der Waals surface area contributed by atoms with Crippen LogP contribution in [0, 0.1) is 0 Å². The fourth-order valence-electron chi connectivity index (χ4n) is 1.98. The van der Waals surface area contributed by atoms with Gasteiger partial charge in [0.15, 0.2) is 5.76 Å². The molecular weight excluding hydrogens is 286 g/mol. The summed E-state index contributed by atoms with van der Waals surface area (Å²) in [5.74, 6) is -1.66. The first-order chi connectivity index (χ1) is 10.6. The number of benzene rings is 1. The fourth-order valence-corrected chi connectivity index (χ4v) is 1.98. The molecule has 1 heterocycles. The lowest BCUT2D eigenvalue weighted by atomic mass is 10.1. The Hall–Kier alpha value is -2.60. The number of carbonyl (C=O) groups excluding carboxylic acids is 1. The van der Waals surface area contributed by atoms with Gasteiger partial charge in [0.05, 0.1) is 11.7 Å². The monoisotopic (exact) mass is 303 g/mol. The number of ether oxygens (including phenoxy) is 1. The number of rotatable bonds is 7. The summed E-state index contributed by atoms with van der Waals surface area (Å²) in [6, 6.07) is 10.7. The number of nitrogens with one attached hydrogen (secondary N) is 1. The van der Waals surface area contributed by atoms with Gasteiger partial charge in [-0.2, -0.15) is 0 Å². The zero-order valence-electron chi connectivity index (χ0n) is 12.1. The highest BCUT2D eigenvalue weighted by molar-refractivity contribution is 5.95. The van der Waals surface area contributed by atoms with E-state index in [1.54, 1.807) is 0 Å². The van der Waals surface area contributed by atoms with Crippen LogP contribution in [0.5, 0.6) is 0 Å². The van der Waals surface area contributed by atoms with Gasteiger partial charge in [-0.25, -0.2) is 4.79 Å². The van der Waals surface area contributed by atoms with E-state index >= 15 is 0 Å². The summed E-state index contributed by atoms with van der Waals surface area (Å²) in [5.41, 5.74) is 0.893. The number of hydrogen-bond acceptors (Lipinski definition) is 4. The second-order valence-corrected chi connectivity index (χ2v) is 4.57. The average Bonchev–Trinajstić information content (AvgIpc) is 3.02. The maximum absolute atomic E-state index is 12.0. The van der Waals surface area contributed by atoms with Gasteiger partial charge in [0.2, 0.25) is 0 Å². The average molecular weight is 303 g/mol. The molecule has 0 spiro atoms. The molecule has 0 radical (unpaired) electrons. The van der Waals surface area contributed by atoms with Gasteiger partial charge in [-0.05, 0) is 12.5 Å². The van der Waals surface area contributed by atoms with Crippen molar-refractivity contribution in [3.63, 3.8) is 0 Å². The number of amides is 1. The number of furan rings is 1. The van der Waals surface area contributed by atoms with E-state index < -0.39 is 11.9 Å². The van der Waals surface area contributed by atoms with Crippen LogP contribution >= 0.6 is 0 Å². The Morgan fingerprint density at radius 1 is 1.32 bits per heavy atom. The maximum atomic E-state index is 12.0. The molecule has 1 unspecified atom stereocenters. The molecule has 0 saturated carbocycles. The molecule has 6 nitrogen and oxygen atoms in total. The molecule has 6 heteroatoms. The largest absolute Gasteiger partial charge is 0.478 e. The minimum absolute atomic E-state index is 0.0410. The van der Waals surface area contributed by atoms with E-state index in [1.165, 1.54) is 6.07 Å². The van der Waals surface area contributed by atoms with E-state index in [4.69, 9.17) is 14.3 Å². The van der Waals surface area contributed by atoms with Crippen molar-refractivity contribution in [2.45, 2.75) is 13.0 Å². The van der Waals surface area contributed by atoms with Crippen LogP contribution in [-0.2, 0) is 4.74 Å². The third kappa shape index (κ3) is 3.95. The zero-order valence-corrected chi connectivity index (χ0v) is 12.1. The second-order valence-electron chi connectivity index (χ2n) is 4.57. The summed E-state index contributed by atoms with van der Waals surface area (Å²) >= 11 is 0. The summed E-state index contributed by atoms with van der Waals surface area (Å²) < 4.78 is 10.6. The SMILES string of the molecule is CCOC(CNC(=O)c1cc(C(=O)O)co1)c1ccccc1.